The quantitative estimate of drug-likeness (QED) is 0.711. The van der Waals surface area contributed by atoms with E-state index in [0.717, 1.165) is 38.6 Å². The summed E-state index contributed by atoms with van der Waals surface area (Å²) in [5.41, 5.74) is 0. The minimum atomic E-state index is -0.261. The first-order valence-electron chi connectivity index (χ1n) is 5.83. The molecule has 0 aromatic carbocycles. The molecular formula is C11H21NO3. The van der Waals surface area contributed by atoms with E-state index in [4.69, 9.17) is 9.84 Å². The van der Waals surface area contributed by atoms with Crippen molar-refractivity contribution in [2.45, 2.75) is 45.1 Å². The molecule has 0 saturated carbocycles. The van der Waals surface area contributed by atoms with Gasteiger partial charge in [-0.1, -0.05) is 19.8 Å². The number of ether oxygens (including phenoxy) is 1. The lowest BCUT2D eigenvalue weighted by Crippen LogP contribution is -2.38. The fraction of sp³-hybridized carbons (Fsp3) is 0.909. The van der Waals surface area contributed by atoms with Gasteiger partial charge in [-0.3, -0.25) is 0 Å². The van der Waals surface area contributed by atoms with Crippen molar-refractivity contribution < 1.29 is 14.6 Å². The highest BCUT2D eigenvalue weighted by atomic mass is 16.6. The Bertz CT molecular complexity index is 196. The maximum atomic E-state index is 11.6. The number of likely N-dealkylation sites (tertiary alicyclic amines) is 1. The van der Waals surface area contributed by atoms with E-state index >= 15 is 0 Å². The summed E-state index contributed by atoms with van der Waals surface area (Å²) in [6, 6.07) is -0.0244. The van der Waals surface area contributed by atoms with Crippen LogP contribution in [0.15, 0.2) is 0 Å². The second-order valence-electron chi connectivity index (χ2n) is 3.99. The summed E-state index contributed by atoms with van der Waals surface area (Å²) in [7, 11) is 0. The van der Waals surface area contributed by atoms with Crippen molar-refractivity contribution >= 4 is 6.09 Å². The van der Waals surface area contributed by atoms with Gasteiger partial charge >= 0.3 is 6.09 Å². The predicted molar refractivity (Wildman–Crippen MR) is 57.7 cm³/mol. The largest absolute Gasteiger partial charge is 0.449 e. The average molecular weight is 215 g/mol. The summed E-state index contributed by atoms with van der Waals surface area (Å²) in [6.45, 7) is 3.38. The zero-order valence-electron chi connectivity index (χ0n) is 9.45. The number of aliphatic hydroxyl groups excluding tert-OH is 1. The first-order chi connectivity index (χ1) is 7.29. The van der Waals surface area contributed by atoms with E-state index < -0.39 is 0 Å². The predicted octanol–water partition coefficient (Wildman–Crippen LogP) is 1.77. The van der Waals surface area contributed by atoms with Crippen molar-refractivity contribution in [3.63, 3.8) is 0 Å². The van der Waals surface area contributed by atoms with Gasteiger partial charge in [0.25, 0.3) is 0 Å². The van der Waals surface area contributed by atoms with Crippen LogP contribution in [0.2, 0.25) is 0 Å². The van der Waals surface area contributed by atoms with Gasteiger partial charge in [-0.25, -0.2) is 4.79 Å². The molecule has 1 heterocycles. The normalized spacial score (nSPS) is 20.7. The van der Waals surface area contributed by atoms with Crippen LogP contribution in [0.1, 0.15) is 39.0 Å². The molecule has 1 amide bonds. The third kappa shape index (κ3) is 3.70. The highest BCUT2D eigenvalue weighted by Gasteiger charge is 2.28. The second-order valence-corrected chi connectivity index (χ2v) is 3.99. The Hall–Kier alpha value is -0.770. The number of hydrogen-bond acceptors (Lipinski definition) is 3. The van der Waals surface area contributed by atoms with E-state index in [1.165, 1.54) is 0 Å². The summed E-state index contributed by atoms with van der Waals surface area (Å²) in [6.07, 6.45) is 4.75. The SMILES string of the molecule is CCCCCOC(=O)N1CCCC1CO. The lowest BCUT2D eigenvalue weighted by Gasteiger charge is -2.22. The van der Waals surface area contributed by atoms with Gasteiger partial charge in [0.1, 0.15) is 0 Å². The van der Waals surface area contributed by atoms with E-state index in [-0.39, 0.29) is 18.7 Å². The van der Waals surface area contributed by atoms with Crippen molar-refractivity contribution in [1.29, 1.82) is 0 Å². The molecule has 0 radical (unpaired) electrons. The number of carbonyl (C=O) groups excluding carboxylic acids is 1. The molecule has 88 valence electrons. The highest BCUT2D eigenvalue weighted by Crippen LogP contribution is 2.17. The average Bonchev–Trinajstić information content (AvgIpc) is 2.72. The molecular weight excluding hydrogens is 194 g/mol. The molecule has 1 fully saturated rings. The topological polar surface area (TPSA) is 49.8 Å². The number of unbranched alkanes of at least 4 members (excludes halogenated alkanes) is 2. The van der Waals surface area contributed by atoms with Crippen LogP contribution in [0, 0.1) is 0 Å². The molecule has 1 unspecified atom stereocenters. The Labute approximate surface area is 91.2 Å². The van der Waals surface area contributed by atoms with Gasteiger partial charge in [0.2, 0.25) is 0 Å². The standard InChI is InChI=1S/C11H21NO3/c1-2-3-4-8-15-11(14)12-7-5-6-10(12)9-13/h10,13H,2-9H2,1H3. The molecule has 1 saturated heterocycles. The molecule has 1 aliphatic heterocycles. The molecule has 0 aromatic rings. The molecule has 0 aliphatic carbocycles. The molecule has 0 bridgehead atoms. The lowest BCUT2D eigenvalue weighted by molar-refractivity contribution is 0.0834. The van der Waals surface area contributed by atoms with Gasteiger partial charge in [0.15, 0.2) is 0 Å². The first kappa shape index (κ1) is 12.3. The van der Waals surface area contributed by atoms with Crippen LogP contribution in [0.4, 0.5) is 4.79 Å². The van der Waals surface area contributed by atoms with E-state index in [1.807, 2.05) is 0 Å². The fourth-order valence-corrected chi connectivity index (χ4v) is 1.86. The van der Waals surface area contributed by atoms with Gasteiger partial charge in [-0.15, -0.1) is 0 Å². The van der Waals surface area contributed by atoms with Crippen LogP contribution in [0.5, 0.6) is 0 Å². The molecule has 4 nitrogen and oxygen atoms in total. The summed E-state index contributed by atoms with van der Waals surface area (Å²) in [5, 5.41) is 9.05. The molecule has 0 spiro atoms. The minimum Gasteiger partial charge on any atom is -0.449 e. The zero-order valence-corrected chi connectivity index (χ0v) is 9.45. The van der Waals surface area contributed by atoms with E-state index in [9.17, 15) is 4.79 Å². The van der Waals surface area contributed by atoms with Crippen LogP contribution in [-0.4, -0.2) is 41.9 Å². The number of aliphatic hydroxyl groups is 1. The summed E-state index contributed by atoms with van der Waals surface area (Å²) < 4.78 is 5.14. The number of rotatable bonds is 5. The molecule has 1 N–H and O–H groups in total. The summed E-state index contributed by atoms with van der Waals surface area (Å²) in [5.74, 6) is 0. The Morgan fingerprint density at radius 2 is 2.33 bits per heavy atom. The lowest BCUT2D eigenvalue weighted by atomic mass is 10.2. The Kier molecular flexibility index (Phi) is 5.47. The summed E-state index contributed by atoms with van der Waals surface area (Å²) >= 11 is 0. The zero-order chi connectivity index (χ0) is 11.1. The Balaban J connectivity index is 2.21. The van der Waals surface area contributed by atoms with E-state index in [0.29, 0.717) is 6.61 Å². The number of amides is 1. The third-order valence-corrected chi connectivity index (χ3v) is 2.80. The smallest absolute Gasteiger partial charge is 0.410 e. The third-order valence-electron chi connectivity index (χ3n) is 2.80. The van der Waals surface area contributed by atoms with Gasteiger partial charge < -0.3 is 14.7 Å². The van der Waals surface area contributed by atoms with Crippen molar-refractivity contribution in [2.75, 3.05) is 19.8 Å². The van der Waals surface area contributed by atoms with Crippen molar-refractivity contribution in [3.8, 4) is 0 Å². The summed E-state index contributed by atoms with van der Waals surface area (Å²) in [4.78, 5) is 13.2. The number of hydrogen-bond donors (Lipinski definition) is 1. The first-order valence-corrected chi connectivity index (χ1v) is 5.83. The Morgan fingerprint density at radius 1 is 1.53 bits per heavy atom. The van der Waals surface area contributed by atoms with Crippen molar-refractivity contribution in [3.05, 3.63) is 0 Å². The van der Waals surface area contributed by atoms with Crippen LogP contribution in [-0.2, 0) is 4.74 Å². The minimum absolute atomic E-state index is 0.0244. The molecule has 1 atom stereocenters. The monoisotopic (exact) mass is 215 g/mol. The molecule has 4 heteroatoms. The maximum absolute atomic E-state index is 11.6. The van der Waals surface area contributed by atoms with Crippen molar-refractivity contribution in [2.24, 2.45) is 0 Å². The number of nitrogens with zero attached hydrogens (tertiary/aromatic N) is 1. The van der Waals surface area contributed by atoms with E-state index in [2.05, 4.69) is 6.92 Å². The molecule has 15 heavy (non-hydrogen) atoms. The molecule has 0 aromatic heterocycles. The highest BCUT2D eigenvalue weighted by molar-refractivity contribution is 5.68. The maximum Gasteiger partial charge on any atom is 0.410 e. The van der Waals surface area contributed by atoms with Crippen LogP contribution in [0.25, 0.3) is 0 Å². The fourth-order valence-electron chi connectivity index (χ4n) is 1.86. The second kappa shape index (κ2) is 6.67. The van der Waals surface area contributed by atoms with E-state index in [1.54, 1.807) is 4.90 Å². The van der Waals surface area contributed by atoms with Crippen LogP contribution in [0.3, 0.4) is 0 Å². The van der Waals surface area contributed by atoms with Gasteiger partial charge in [0.05, 0.1) is 19.3 Å². The van der Waals surface area contributed by atoms with Crippen LogP contribution >= 0.6 is 0 Å². The Morgan fingerprint density at radius 3 is 3.00 bits per heavy atom. The van der Waals surface area contributed by atoms with Crippen molar-refractivity contribution in [1.82, 2.24) is 4.90 Å². The van der Waals surface area contributed by atoms with Gasteiger partial charge in [-0.2, -0.15) is 0 Å². The van der Waals surface area contributed by atoms with Gasteiger partial charge in [0, 0.05) is 6.54 Å². The van der Waals surface area contributed by atoms with Gasteiger partial charge in [-0.05, 0) is 19.3 Å². The number of carbonyl (C=O) groups is 1. The molecule has 1 rings (SSSR count). The molecule has 1 aliphatic rings. The van der Waals surface area contributed by atoms with Crippen LogP contribution < -0.4 is 0 Å².